The van der Waals surface area contributed by atoms with Crippen molar-refractivity contribution in [2.75, 3.05) is 0 Å². The van der Waals surface area contributed by atoms with Gasteiger partial charge in [0.2, 0.25) is 0 Å². The van der Waals surface area contributed by atoms with Crippen LogP contribution in [0.3, 0.4) is 0 Å². The Labute approximate surface area is 166 Å². The minimum absolute atomic E-state index is 0. The minimum atomic E-state index is -4.48. The van der Waals surface area contributed by atoms with E-state index in [1.165, 1.54) is 0 Å². The quantitative estimate of drug-likeness (QED) is 0.195. The summed E-state index contributed by atoms with van der Waals surface area (Å²) in [6, 6.07) is 19.2. The first-order chi connectivity index (χ1) is 12.0. The topological polar surface area (TPSA) is 54.4 Å². The van der Waals surface area contributed by atoms with Gasteiger partial charge in [-0.3, -0.25) is 4.55 Å². The molecular formula is C20H12ClLiO3S. The summed E-state index contributed by atoms with van der Waals surface area (Å²) in [5.41, 5.74) is 0. The molecule has 0 saturated heterocycles. The van der Waals surface area contributed by atoms with Crippen molar-refractivity contribution >= 4 is 83.7 Å². The van der Waals surface area contributed by atoms with Crippen LogP contribution in [0.15, 0.2) is 65.6 Å². The molecule has 0 aromatic heterocycles. The Hall–Kier alpha value is -1.80. The van der Waals surface area contributed by atoms with Gasteiger partial charge >= 0.3 is 18.9 Å². The van der Waals surface area contributed by atoms with Gasteiger partial charge in [0.15, 0.2) is 0 Å². The molecule has 3 nitrogen and oxygen atoms in total. The van der Waals surface area contributed by atoms with Crippen molar-refractivity contribution in [2.45, 2.75) is 4.90 Å². The first-order valence-corrected chi connectivity index (χ1v) is 9.54. The first-order valence-electron chi connectivity index (χ1n) is 7.72. The summed E-state index contributed by atoms with van der Waals surface area (Å²) >= 11 is 6.27. The van der Waals surface area contributed by atoms with E-state index in [2.05, 4.69) is 0 Å². The predicted octanol–water partition coefficient (Wildman–Crippen LogP) is 4.99. The van der Waals surface area contributed by atoms with Gasteiger partial charge in [-0.25, -0.2) is 0 Å². The van der Waals surface area contributed by atoms with Gasteiger partial charge in [0.25, 0.3) is 10.1 Å². The molecule has 26 heavy (non-hydrogen) atoms. The Bertz CT molecular complexity index is 1420. The van der Waals surface area contributed by atoms with E-state index in [0.29, 0.717) is 5.39 Å². The third-order valence-electron chi connectivity index (χ3n) is 4.80. The zero-order valence-electron chi connectivity index (χ0n) is 12.8. The van der Waals surface area contributed by atoms with Crippen molar-refractivity contribution in [1.82, 2.24) is 0 Å². The fraction of sp³-hybridized carbons (Fsp3) is 0. The van der Waals surface area contributed by atoms with Gasteiger partial charge in [-0.15, -0.1) is 0 Å². The van der Waals surface area contributed by atoms with Gasteiger partial charge < -0.3 is 0 Å². The molecule has 0 atom stereocenters. The molecule has 5 aromatic carbocycles. The first kappa shape index (κ1) is 17.6. The molecule has 0 aliphatic rings. The molecule has 0 aliphatic heterocycles. The maximum atomic E-state index is 12.1. The number of benzene rings is 5. The molecule has 0 saturated carbocycles. The summed E-state index contributed by atoms with van der Waals surface area (Å²) in [5.74, 6) is 0. The van der Waals surface area contributed by atoms with E-state index in [1.54, 1.807) is 6.07 Å². The van der Waals surface area contributed by atoms with Crippen molar-refractivity contribution in [3.05, 3.63) is 65.7 Å². The van der Waals surface area contributed by atoms with Crippen LogP contribution in [-0.2, 0) is 10.1 Å². The maximum absolute atomic E-state index is 12.1. The predicted molar refractivity (Wildman–Crippen MR) is 110 cm³/mol. The molecule has 0 fully saturated rings. The van der Waals surface area contributed by atoms with Gasteiger partial charge in [0, 0.05) is 5.39 Å². The van der Waals surface area contributed by atoms with Crippen LogP contribution in [0.5, 0.6) is 0 Å². The van der Waals surface area contributed by atoms with Crippen LogP contribution in [0, 0.1) is 0 Å². The van der Waals surface area contributed by atoms with Gasteiger partial charge in [0.1, 0.15) is 4.90 Å². The number of hydrogen-bond acceptors (Lipinski definition) is 2. The standard InChI is InChI=1S/C20H11ClO3S.Li.H/c21-16-10-12-6-3-8-14-13-7-1-4-11-5-2-9-15(17(11)13)19(18(12)14)20(16)25(22,23)24;;/h1-10H,(H,22,23,24);;. The number of halogens is 1. The molecule has 6 heteroatoms. The molecule has 5 rings (SSSR count). The van der Waals surface area contributed by atoms with Crippen LogP contribution < -0.4 is 0 Å². The summed E-state index contributed by atoms with van der Waals surface area (Å²) in [6.07, 6.45) is 0. The van der Waals surface area contributed by atoms with E-state index in [9.17, 15) is 13.0 Å². The molecule has 0 amide bonds. The van der Waals surface area contributed by atoms with Crippen LogP contribution in [0.1, 0.15) is 0 Å². The van der Waals surface area contributed by atoms with Crippen molar-refractivity contribution in [3.8, 4) is 0 Å². The van der Waals surface area contributed by atoms with Gasteiger partial charge in [-0.2, -0.15) is 8.42 Å². The SMILES string of the molecule is O=S(=O)(O)c1c(Cl)cc2cccc3c4cccc5cccc(c1c23)c54.[LiH]. The molecule has 0 unspecified atom stereocenters. The summed E-state index contributed by atoms with van der Waals surface area (Å²) < 4.78 is 34.1. The third-order valence-corrected chi connectivity index (χ3v) is 6.15. The van der Waals surface area contributed by atoms with E-state index in [1.807, 2.05) is 54.6 Å². The second-order valence-corrected chi connectivity index (χ2v) is 7.92. The number of hydrogen-bond donors (Lipinski definition) is 1. The molecule has 0 aliphatic carbocycles. The fourth-order valence-corrected chi connectivity index (χ4v) is 5.19. The molecule has 0 bridgehead atoms. The Morgan fingerprint density at radius 2 is 1.27 bits per heavy atom. The summed E-state index contributed by atoms with van der Waals surface area (Å²) in [7, 11) is -4.48. The van der Waals surface area contributed by atoms with Crippen LogP contribution in [0.2, 0.25) is 5.02 Å². The molecule has 124 valence electrons. The summed E-state index contributed by atoms with van der Waals surface area (Å²) in [4.78, 5) is -0.226. The summed E-state index contributed by atoms with van der Waals surface area (Å²) in [6.45, 7) is 0. The molecule has 0 spiro atoms. The van der Waals surface area contributed by atoms with E-state index in [0.717, 1.165) is 37.7 Å². The second kappa shape index (κ2) is 5.85. The van der Waals surface area contributed by atoms with E-state index < -0.39 is 10.1 Å². The van der Waals surface area contributed by atoms with Crippen LogP contribution in [0.25, 0.3) is 43.1 Å². The second-order valence-electron chi connectivity index (χ2n) is 6.15. The molecule has 1 N–H and O–H groups in total. The average Bonchev–Trinajstić information content (AvgIpc) is 2.57. The van der Waals surface area contributed by atoms with Gasteiger partial charge in [-0.05, 0) is 43.8 Å². The van der Waals surface area contributed by atoms with E-state index >= 15 is 0 Å². The van der Waals surface area contributed by atoms with Crippen LogP contribution >= 0.6 is 11.6 Å². The monoisotopic (exact) mass is 374 g/mol. The molecule has 0 radical (unpaired) electrons. The number of rotatable bonds is 1. The Balaban J connectivity index is 0.00000168. The van der Waals surface area contributed by atoms with E-state index in [4.69, 9.17) is 11.6 Å². The number of fused-ring (bicyclic) bond motifs is 2. The van der Waals surface area contributed by atoms with Crippen LogP contribution in [0.4, 0.5) is 0 Å². The fourth-order valence-electron chi connectivity index (χ4n) is 3.91. The zero-order chi connectivity index (χ0) is 17.3. The van der Waals surface area contributed by atoms with Gasteiger partial charge in [-0.1, -0.05) is 66.2 Å². The van der Waals surface area contributed by atoms with Crippen molar-refractivity contribution in [3.63, 3.8) is 0 Å². The Morgan fingerprint density at radius 3 is 1.88 bits per heavy atom. The Kier molecular flexibility index (Phi) is 3.96. The normalized spacial score (nSPS) is 12.2. The molecular weight excluding hydrogens is 363 g/mol. The van der Waals surface area contributed by atoms with Crippen molar-refractivity contribution < 1.29 is 13.0 Å². The Morgan fingerprint density at radius 1 is 0.731 bits per heavy atom. The molecule has 5 aromatic rings. The van der Waals surface area contributed by atoms with E-state index in [-0.39, 0.29) is 28.8 Å². The zero-order valence-corrected chi connectivity index (χ0v) is 14.4. The third kappa shape index (κ3) is 2.28. The summed E-state index contributed by atoms with van der Waals surface area (Å²) in [5, 5.41) is 6.89. The molecule has 0 heterocycles. The van der Waals surface area contributed by atoms with Crippen LogP contribution in [-0.4, -0.2) is 31.8 Å². The van der Waals surface area contributed by atoms with Crippen molar-refractivity contribution in [1.29, 1.82) is 0 Å². The van der Waals surface area contributed by atoms with Gasteiger partial charge in [0.05, 0.1) is 5.02 Å². The van der Waals surface area contributed by atoms with Crippen molar-refractivity contribution in [2.24, 2.45) is 0 Å². The average molecular weight is 375 g/mol.